The maximum atomic E-state index is 9.14. The molecule has 4 nitrogen and oxygen atoms in total. The van der Waals surface area contributed by atoms with Crippen LogP contribution in [0.25, 0.3) is 11.0 Å². The third-order valence-corrected chi connectivity index (χ3v) is 1.33. The molecule has 0 amide bonds. The Hall–Kier alpha value is 0.0564. The van der Waals surface area contributed by atoms with Crippen molar-refractivity contribution >= 4 is 11.0 Å². The SMILES string of the molecule is Oc1cccc2n[nH]nc12.[H-].[K+]. The molecule has 1 aromatic heterocycles. The van der Waals surface area contributed by atoms with Crippen LogP contribution in [0, 0.1) is 0 Å². The van der Waals surface area contributed by atoms with Crippen molar-refractivity contribution in [1.29, 1.82) is 0 Å². The third kappa shape index (κ3) is 1.62. The van der Waals surface area contributed by atoms with Crippen LogP contribution < -0.4 is 51.4 Å². The third-order valence-electron chi connectivity index (χ3n) is 1.33. The first-order chi connectivity index (χ1) is 4.88. The van der Waals surface area contributed by atoms with Gasteiger partial charge in [-0.2, -0.15) is 15.4 Å². The molecule has 5 heteroatoms. The van der Waals surface area contributed by atoms with E-state index in [9.17, 15) is 0 Å². The zero-order valence-corrected chi connectivity index (χ0v) is 9.20. The van der Waals surface area contributed by atoms with Crippen LogP contribution >= 0.6 is 0 Å². The van der Waals surface area contributed by atoms with Crippen LogP contribution in [-0.4, -0.2) is 20.5 Å². The van der Waals surface area contributed by atoms with Crippen molar-refractivity contribution < 1.29 is 57.9 Å². The van der Waals surface area contributed by atoms with Crippen LogP contribution in [0.15, 0.2) is 18.2 Å². The molecule has 0 aliphatic carbocycles. The summed E-state index contributed by atoms with van der Waals surface area (Å²) in [6, 6.07) is 5.07. The number of phenols is 1. The van der Waals surface area contributed by atoms with E-state index < -0.39 is 0 Å². The molecule has 0 spiro atoms. The van der Waals surface area contributed by atoms with E-state index in [1.807, 2.05) is 0 Å². The second-order valence-corrected chi connectivity index (χ2v) is 1.97. The van der Waals surface area contributed by atoms with Gasteiger partial charge in [-0.15, -0.1) is 0 Å². The van der Waals surface area contributed by atoms with Crippen molar-refractivity contribution in [2.75, 3.05) is 0 Å². The normalized spacial score (nSPS) is 9.45. The molecule has 52 valence electrons. The fraction of sp³-hybridized carbons (Fsp3) is 0. The first kappa shape index (κ1) is 9.15. The molecular formula is C6H6KN3O. The largest absolute Gasteiger partial charge is 1.00 e. The predicted octanol–water partition coefficient (Wildman–Crippen LogP) is -2.22. The van der Waals surface area contributed by atoms with E-state index in [0.29, 0.717) is 11.0 Å². The van der Waals surface area contributed by atoms with E-state index in [0.717, 1.165) is 0 Å². The summed E-state index contributed by atoms with van der Waals surface area (Å²) in [5.74, 6) is 0.159. The number of nitrogens with one attached hydrogen (secondary N) is 1. The fourth-order valence-corrected chi connectivity index (χ4v) is 0.853. The summed E-state index contributed by atoms with van der Waals surface area (Å²) in [6.07, 6.45) is 0. The summed E-state index contributed by atoms with van der Waals surface area (Å²) in [6.45, 7) is 0. The van der Waals surface area contributed by atoms with Gasteiger partial charge in [0.1, 0.15) is 11.3 Å². The van der Waals surface area contributed by atoms with Crippen molar-refractivity contribution in [3.05, 3.63) is 18.2 Å². The van der Waals surface area contributed by atoms with E-state index in [2.05, 4.69) is 15.4 Å². The van der Waals surface area contributed by atoms with Crippen molar-refractivity contribution in [1.82, 2.24) is 15.4 Å². The van der Waals surface area contributed by atoms with E-state index in [1.165, 1.54) is 0 Å². The molecule has 0 aliphatic rings. The number of aromatic nitrogens is 3. The Kier molecular flexibility index (Phi) is 3.03. The van der Waals surface area contributed by atoms with Gasteiger partial charge in [0.15, 0.2) is 5.52 Å². The summed E-state index contributed by atoms with van der Waals surface area (Å²) in [4.78, 5) is 0. The molecule has 0 fully saturated rings. The molecule has 0 aliphatic heterocycles. The number of phenolic OH excluding ortho intramolecular Hbond substituents is 1. The molecular weight excluding hydrogens is 169 g/mol. The number of rotatable bonds is 0. The molecule has 0 radical (unpaired) electrons. The quantitative estimate of drug-likeness (QED) is 0.446. The maximum absolute atomic E-state index is 9.14. The molecule has 0 saturated heterocycles. The molecule has 1 heterocycles. The molecule has 0 saturated carbocycles. The summed E-state index contributed by atoms with van der Waals surface area (Å²) in [7, 11) is 0. The molecule has 1 aromatic carbocycles. The average molecular weight is 175 g/mol. The van der Waals surface area contributed by atoms with Crippen molar-refractivity contribution in [2.45, 2.75) is 0 Å². The minimum absolute atomic E-state index is 0. The molecule has 11 heavy (non-hydrogen) atoms. The molecule has 0 atom stereocenters. The number of hydrogen-bond donors (Lipinski definition) is 2. The second-order valence-electron chi connectivity index (χ2n) is 1.97. The van der Waals surface area contributed by atoms with Crippen LogP contribution in [0.4, 0.5) is 0 Å². The zero-order chi connectivity index (χ0) is 6.97. The minimum atomic E-state index is 0. The smallest absolute Gasteiger partial charge is 1.00 e. The number of para-hydroxylation sites is 1. The van der Waals surface area contributed by atoms with Gasteiger partial charge in [0.2, 0.25) is 0 Å². The van der Waals surface area contributed by atoms with Crippen molar-refractivity contribution in [3.8, 4) is 5.75 Å². The predicted molar refractivity (Wildman–Crippen MR) is 36.7 cm³/mol. The Morgan fingerprint density at radius 3 is 2.91 bits per heavy atom. The van der Waals surface area contributed by atoms with Crippen molar-refractivity contribution in [2.24, 2.45) is 0 Å². The van der Waals surface area contributed by atoms with Gasteiger partial charge in [-0.3, -0.25) is 0 Å². The number of aromatic hydroxyl groups is 1. The van der Waals surface area contributed by atoms with Gasteiger partial charge in [-0.05, 0) is 12.1 Å². The van der Waals surface area contributed by atoms with Gasteiger partial charge in [-0.25, -0.2) is 0 Å². The molecule has 2 N–H and O–H groups in total. The van der Waals surface area contributed by atoms with Gasteiger partial charge < -0.3 is 6.53 Å². The van der Waals surface area contributed by atoms with Gasteiger partial charge in [-0.1, -0.05) is 6.07 Å². The minimum Gasteiger partial charge on any atom is -1.00 e. The van der Waals surface area contributed by atoms with E-state index in [4.69, 9.17) is 5.11 Å². The first-order valence-electron chi connectivity index (χ1n) is 2.86. The first-order valence-corrected chi connectivity index (χ1v) is 2.86. The van der Waals surface area contributed by atoms with E-state index in [1.54, 1.807) is 18.2 Å². The summed E-state index contributed by atoms with van der Waals surface area (Å²) in [5, 5.41) is 19.1. The van der Waals surface area contributed by atoms with Gasteiger partial charge in [0.25, 0.3) is 0 Å². The number of hydrogen-bond acceptors (Lipinski definition) is 3. The number of fused-ring (bicyclic) bond motifs is 1. The summed E-state index contributed by atoms with van der Waals surface area (Å²) < 4.78 is 0. The second kappa shape index (κ2) is 3.64. The van der Waals surface area contributed by atoms with Crippen molar-refractivity contribution in [3.63, 3.8) is 0 Å². The Morgan fingerprint density at radius 2 is 2.18 bits per heavy atom. The molecule has 0 unspecified atom stereocenters. The number of benzene rings is 1. The molecule has 0 bridgehead atoms. The van der Waals surface area contributed by atoms with Crippen LogP contribution in [0.5, 0.6) is 5.75 Å². The topological polar surface area (TPSA) is 61.8 Å². The Morgan fingerprint density at radius 1 is 1.36 bits per heavy atom. The summed E-state index contributed by atoms with van der Waals surface area (Å²) >= 11 is 0. The average Bonchev–Trinajstić information content (AvgIpc) is 2.36. The van der Waals surface area contributed by atoms with Gasteiger partial charge >= 0.3 is 51.4 Å². The Bertz CT molecular complexity index is 364. The summed E-state index contributed by atoms with van der Waals surface area (Å²) in [5.41, 5.74) is 1.20. The van der Waals surface area contributed by atoms with Gasteiger partial charge in [0.05, 0.1) is 0 Å². The molecule has 2 aromatic rings. The number of H-pyrrole nitrogens is 1. The fourth-order valence-electron chi connectivity index (χ4n) is 0.853. The van der Waals surface area contributed by atoms with E-state index in [-0.39, 0.29) is 58.6 Å². The van der Waals surface area contributed by atoms with Crippen LogP contribution in [-0.2, 0) is 0 Å². The Balaban J connectivity index is 0.000000605. The van der Waals surface area contributed by atoms with Crippen LogP contribution in [0.3, 0.4) is 0 Å². The molecule has 2 rings (SSSR count). The maximum Gasteiger partial charge on any atom is 1.00 e. The number of nitrogens with zero attached hydrogens (tertiary/aromatic N) is 2. The monoisotopic (exact) mass is 175 g/mol. The standard InChI is InChI=1S/C6H5N3O.K.H/c10-5-3-1-2-4-6(5)8-9-7-4;;/h1-3,10H,(H,7,8,9);;/q;+1;-1. The van der Waals surface area contributed by atoms with E-state index >= 15 is 0 Å². The Labute approximate surface area is 107 Å². The van der Waals surface area contributed by atoms with Gasteiger partial charge in [0, 0.05) is 0 Å². The number of aromatic amines is 1. The zero-order valence-electron chi connectivity index (χ0n) is 7.07. The van der Waals surface area contributed by atoms with Crippen LogP contribution in [0.1, 0.15) is 1.43 Å². The van der Waals surface area contributed by atoms with Crippen LogP contribution in [0.2, 0.25) is 0 Å².